The highest BCUT2D eigenvalue weighted by atomic mass is 16.5. The summed E-state index contributed by atoms with van der Waals surface area (Å²) in [6, 6.07) is 3.46. The van der Waals surface area contributed by atoms with Crippen molar-refractivity contribution in [3.63, 3.8) is 0 Å². The Hall–Kier alpha value is -1.95. The molecule has 1 aromatic rings. The Kier molecular flexibility index (Phi) is 5.49. The molecule has 0 saturated heterocycles. The molecular formula is C16H24N2O4. The van der Waals surface area contributed by atoms with Crippen LogP contribution < -0.4 is 25.3 Å². The summed E-state index contributed by atoms with van der Waals surface area (Å²) in [5.74, 6) is 2.03. The van der Waals surface area contributed by atoms with Crippen molar-refractivity contribution in [2.24, 2.45) is 17.6 Å². The third-order valence-corrected chi connectivity index (χ3v) is 4.18. The van der Waals surface area contributed by atoms with Gasteiger partial charge in [-0.25, -0.2) is 0 Å². The molecule has 0 radical (unpaired) electrons. The zero-order valence-electron chi connectivity index (χ0n) is 13.3. The van der Waals surface area contributed by atoms with Crippen LogP contribution in [0.25, 0.3) is 0 Å². The molecule has 3 N–H and O–H groups in total. The van der Waals surface area contributed by atoms with E-state index in [0.29, 0.717) is 35.4 Å². The van der Waals surface area contributed by atoms with Crippen LogP contribution in [0.15, 0.2) is 12.1 Å². The van der Waals surface area contributed by atoms with Gasteiger partial charge in [0.1, 0.15) is 0 Å². The lowest BCUT2D eigenvalue weighted by Crippen LogP contribution is -2.21. The summed E-state index contributed by atoms with van der Waals surface area (Å²) in [6.45, 7) is 0.647. The number of ether oxygens (including phenoxy) is 3. The number of nitrogens with two attached hydrogens (primary N) is 1. The third-order valence-electron chi connectivity index (χ3n) is 4.18. The van der Waals surface area contributed by atoms with Crippen LogP contribution >= 0.6 is 0 Å². The molecule has 1 amide bonds. The van der Waals surface area contributed by atoms with Crippen molar-refractivity contribution in [2.75, 3.05) is 33.2 Å². The molecule has 0 aliphatic heterocycles. The van der Waals surface area contributed by atoms with Gasteiger partial charge in [-0.3, -0.25) is 4.79 Å². The average molecular weight is 308 g/mol. The van der Waals surface area contributed by atoms with E-state index in [4.69, 9.17) is 19.9 Å². The van der Waals surface area contributed by atoms with Crippen LogP contribution in [-0.2, 0) is 4.79 Å². The topological polar surface area (TPSA) is 82.8 Å². The fourth-order valence-corrected chi connectivity index (χ4v) is 2.92. The van der Waals surface area contributed by atoms with Crippen molar-refractivity contribution in [1.29, 1.82) is 0 Å². The predicted octanol–water partition coefficient (Wildman–Crippen LogP) is 2.03. The summed E-state index contributed by atoms with van der Waals surface area (Å²) in [7, 11) is 4.64. The number of benzene rings is 1. The number of hydrogen-bond acceptors (Lipinski definition) is 5. The van der Waals surface area contributed by atoms with Crippen molar-refractivity contribution in [2.45, 2.75) is 19.3 Å². The number of nitrogens with one attached hydrogen (secondary N) is 1. The largest absolute Gasteiger partial charge is 0.493 e. The second kappa shape index (κ2) is 7.35. The Labute approximate surface area is 130 Å². The minimum absolute atomic E-state index is 0.0187. The molecule has 22 heavy (non-hydrogen) atoms. The summed E-state index contributed by atoms with van der Waals surface area (Å²) < 4.78 is 15.8. The monoisotopic (exact) mass is 308 g/mol. The SMILES string of the molecule is COc1cc(NC(=O)C2CCC(CN)C2)cc(OC)c1OC. The molecule has 6 heteroatoms. The smallest absolute Gasteiger partial charge is 0.227 e. The maximum absolute atomic E-state index is 12.4. The van der Waals surface area contributed by atoms with Gasteiger partial charge in [0, 0.05) is 23.7 Å². The van der Waals surface area contributed by atoms with E-state index in [1.807, 2.05) is 0 Å². The zero-order chi connectivity index (χ0) is 16.1. The van der Waals surface area contributed by atoms with Gasteiger partial charge in [-0.15, -0.1) is 0 Å². The van der Waals surface area contributed by atoms with Gasteiger partial charge in [-0.1, -0.05) is 0 Å². The Morgan fingerprint density at radius 3 is 2.27 bits per heavy atom. The molecule has 2 atom stereocenters. The van der Waals surface area contributed by atoms with Gasteiger partial charge in [0.25, 0.3) is 0 Å². The lowest BCUT2D eigenvalue weighted by molar-refractivity contribution is -0.119. The molecule has 1 fully saturated rings. The van der Waals surface area contributed by atoms with Gasteiger partial charge < -0.3 is 25.3 Å². The molecule has 2 rings (SSSR count). The first-order valence-electron chi connectivity index (χ1n) is 7.43. The van der Waals surface area contributed by atoms with Gasteiger partial charge in [-0.05, 0) is 31.7 Å². The standard InChI is InChI=1S/C16H24N2O4/c1-20-13-7-12(8-14(21-2)15(13)22-3)18-16(19)11-5-4-10(6-11)9-17/h7-8,10-11H,4-6,9,17H2,1-3H3,(H,18,19). The molecule has 0 aromatic heterocycles. The van der Waals surface area contributed by atoms with Crippen molar-refractivity contribution in [3.8, 4) is 17.2 Å². The van der Waals surface area contributed by atoms with Crippen molar-refractivity contribution in [3.05, 3.63) is 12.1 Å². The van der Waals surface area contributed by atoms with Crippen LogP contribution in [0.3, 0.4) is 0 Å². The number of carbonyl (C=O) groups is 1. The van der Waals surface area contributed by atoms with Gasteiger partial charge in [0.15, 0.2) is 11.5 Å². The highest BCUT2D eigenvalue weighted by Gasteiger charge is 2.29. The first kappa shape index (κ1) is 16.4. The number of hydrogen-bond donors (Lipinski definition) is 2. The fourth-order valence-electron chi connectivity index (χ4n) is 2.92. The van der Waals surface area contributed by atoms with Crippen LogP contribution in [0.2, 0.25) is 0 Å². The molecule has 0 spiro atoms. The molecule has 1 aromatic carbocycles. The quantitative estimate of drug-likeness (QED) is 0.840. The lowest BCUT2D eigenvalue weighted by atomic mass is 10.0. The van der Waals surface area contributed by atoms with E-state index in [1.54, 1.807) is 33.5 Å². The Bertz CT molecular complexity index is 508. The second-order valence-corrected chi connectivity index (χ2v) is 5.51. The Balaban J connectivity index is 2.14. The van der Waals surface area contributed by atoms with Crippen molar-refractivity contribution < 1.29 is 19.0 Å². The average Bonchev–Trinajstić information content (AvgIpc) is 3.03. The summed E-state index contributed by atoms with van der Waals surface area (Å²) in [5.41, 5.74) is 6.31. The molecule has 1 aliphatic carbocycles. The normalized spacial score (nSPS) is 20.5. The number of carbonyl (C=O) groups excluding carboxylic acids is 1. The molecule has 6 nitrogen and oxygen atoms in total. The van der Waals surface area contributed by atoms with E-state index in [-0.39, 0.29) is 11.8 Å². The summed E-state index contributed by atoms with van der Waals surface area (Å²) in [6.07, 6.45) is 2.76. The molecule has 0 bridgehead atoms. The molecule has 122 valence electrons. The highest BCUT2D eigenvalue weighted by Crippen LogP contribution is 2.40. The minimum atomic E-state index is 0.0187. The molecule has 0 heterocycles. The van der Waals surface area contributed by atoms with Crippen LogP contribution in [0.4, 0.5) is 5.69 Å². The predicted molar refractivity (Wildman–Crippen MR) is 84.6 cm³/mol. The molecule has 2 unspecified atom stereocenters. The Morgan fingerprint density at radius 1 is 1.18 bits per heavy atom. The van der Waals surface area contributed by atoms with Crippen LogP contribution in [0, 0.1) is 11.8 Å². The molecule has 1 aliphatic rings. The number of methoxy groups -OCH3 is 3. The Morgan fingerprint density at radius 2 is 1.82 bits per heavy atom. The second-order valence-electron chi connectivity index (χ2n) is 5.51. The van der Waals surface area contributed by atoms with Gasteiger partial charge >= 0.3 is 0 Å². The lowest BCUT2D eigenvalue weighted by Gasteiger charge is -2.16. The number of amides is 1. The van der Waals surface area contributed by atoms with Crippen LogP contribution in [0.5, 0.6) is 17.2 Å². The maximum atomic E-state index is 12.4. The van der Waals surface area contributed by atoms with E-state index in [2.05, 4.69) is 5.32 Å². The van der Waals surface area contributed by atoms with Crippen LogP contribution in [0.1, 0.15) is 19.3 Å². The first-order chi connectivity index (χ1) is 10.6. The third kappa shape index (κ3) is 3.44. The summed E-state index contributed by atoms with van der Waals surface area (Å²) >= 11 is 0. The van der Waals surface area contributed by atoms with Crippen molar-refractivity contribution >= 4 is 11.6 Å². The number of anilines is 1. The first-order valence-corrected chi connectivity index (χ1v) is 7.43. The maximum Gasteiger partial charge on any atom is 0.227 e. The molecule has 1 saturated carbocycles. The van der Waals surface area contributed by atoms with E-state index in [0.717, 1.165) is 19.3 Å². The summed E-state index contributed by atoms with van der Waals surface area (Å²) in [4.78, 5) is 12.4. The van der Waals surface area contributed by atoms with Crippen LogP contribution in [-0.4, -0.2) is 33.8 Å². The summed E-state index contributed by atoms with van der Waals surface area (Å²) in [5, 5.41) is 2.93. The van der Waals surface area contributed by atoms with E-state index in [9.17, 15) is 4.79 Å². The van der Waals surface area contributed by atoms with Gasteiger partial charge in [0.05, 0.1) is 21.3 Å². The van der Waals surface area contributed by atoms with Gasteiger partial charge in [-0.2, -0.15) is 0 Å². The van der Waals surface area contributed by atoms with E-state index >= 15 is 0 Å². The van der Waals surface area contributed by atoms with Gasteiger partial charge in [0.2, 0.25) is 11.7 Å². The van der Waals surface area contributed by atoms with E-state index in [1.165, 1.54) is 0 Å². The molecular weight excluding hydrogens is 284 g/mol. The highest BCUT2D eigenvalue weighted by molar-refractivity contribution is 5.93. The van der Waals surface area contributed by atoms with E-state index < -0.39 is 0 Å². The fraction of sp³-hybridized carbons (Fsp3) is 0.562. The minimum Gasteiger partial charge on any atom is -0.493 e. The zero-order valence-corrected chi connectivity index (χ0v) is 13.3. The number of rotatable bonds is 6. The van der Waals surface area contributed by atoms with Crippen molar-refractivity contribution in [1.82, 2.24) is 0 Å².